The van der Waals surface area contributed by atoms with Gasteiger partial charge in [0.05, 0.1) is 27.8 Å². The van der Waals surface area contributed by atoms with Gasteiger partial charge in [0.25, 0.3) is 0 Å². The third-order valence-corrected chi connectivity index (χ3v) is 3.57. The molecule has 2 aromatic rings. The molecule has 5 heteroatoms. The lowest BCUT2D eigenvalue weighted by Gasteiger charge is -2.14. The van der Waals surface area contributed by atoms with E-state index >= 15 is 0 Å². The number of methoxy groups -OCH3 is 3. The maximum absolute atomic E-state index is 12.3. The van der Waals surface area contributed by atoms with E-state index < -0.39 is 0 Å². The van der Waals surface area contributed by atoms with Crippen molar-refractivity contribution in [2.45, 2.75) is 13.3 Å². The lowest BCUT2D eigenvalue weighted by molar-refractivity contribution is -0.115. The molecule has 0 spiro atoms. The maximum Gasteiger partial charge on any atom is 0.228 e. The highest BCUT2D eigenvalue weighted by Crippen LogP contribution is 2.31. The topological polar surface area (TPSA) is 56.8 Å². The highest BCUT2D eigenvalue weighted by Gasteiger charge is 2.14. The van der Waals surface area contributed by atoms with E-state index in [0.29, 0.717) is 17.2 Å². The van der Waals surface area contributed by atoms with E-state index in [4.69, 9.17) is 14.2 Å². The van der Waals surface area contributed by atoms with E-state index in [1.807, 2.05) is 37.3 Å². The molecule has 0 aliphatic carbocycles. The number of anilines is 1. The Morgan fingerprint density at radius 2 is 1.83 bits per heavy atom. The first-order chi connectivity index (χ1) is 11.1. The predicted octanol–water partition coefficient (Wildman–Crippen LogP) is 3.20. The Bertz CT molecular complexity index is 697. The van der Waals surface area contributed by atoms with Gasteiger partial charge in [0.15, 0.2) is 0 Å². The summed E-state index contributed by atoms with van der Waals surface area (Å²) in [5.41, 5.74) is 2.38. The van der Waals surface area contributed by atoms with Crippen LogP contribution in [0.5, 0.6) is 17.2 Å². The van der Waals surface area contributed by atoms with Gasteiger partial charge in [0, 0.05) is 22.9 Å². The number of rotatable bonds is 6. The Hall–Kier alpha value is -2.69. The Balaban J connectivity index is 2.15. The van der Waals surface area contributed by atoms with Crippen molar-refractivity contribution in [2.75, 3.05) is 26.6 Å². The van der Waals surface area contributed by atoms with Crippen LogP contribution in [-0.4, -0.2) is 27.2 Å². The first-order valence-corrected chi connectivity index (χ1v) is 7.23. The molecule has 0 unspecified atom stereocenters. The molecule has 2 rings (SSSR count). The second-order valence-electron chi connectivity index (χ2n) is 5.04. The predicted molar refractivity (Wildman–Crippen MR) is 89.6 cm³/mol. The van der Waals surface area contributed by atoms with Gasteiger partial charge < -0.3 is 19.5 Å². The molecule has 0 radical (unpaired) electrons. The molecule has 1 N–H and O–H groups in total. The number of ether oxygens (including phenoxy) is 3. The largest absolute Gasteiger partial charge is 0.497 e. The van der Waals surface area contributed by atoms with E-state index in [9.17, 15) is 4.79 Å². The van der Waals surface area contributed by atoms with Crippen LogP contribution in [0.1, 0.15) is 11.1 Å². The van der Waals surface area contributed by atoms with E-state index in [0.717, 1.165) is 16.9 Å². The molecular weight excluding hydrogens is 294 g/mol. The summed E-state index contributed by atoms with van der Waals surface area (Å²) in [6.45, 7) is 1.90. The average Bonchev–Trinajstić information content (AvgIpc) is 2.55. The Kier molecular flexibility index (Phi) is 5.46. The van der Waals surface area contributed by atoms with Crippen molar-refractivity contribution < 1.29 is 19.0 Å². The van der Waals surface area contributed by atoms with E-state index in [2.05, 4.69) is 5.32 Å². The van der Waals surface area contributed by atoms with Crippen LogP contribution in [0.15, 0.2) is 36.4 Å². The van der Waals surface area contributed by atoms with Crippen LogP contribution >= 0.6 is 0 Å². The zero-order valence-corrected chi connectivity index (χ0v) is 13.8. The normalized spacial score (nSPS) is 10.1. The summed E-state index contributed by atoms with van der Waals surface area (Å²) >= 11 is 0. The second-order valence-corrected chi connectivity index (χ2v) is 5.04. The van der Waals surface area contributed by atoms with Gasteiger partial charge in [-0.1, -0.05) is 12.1 Å². The molecular formula is C18H21NO4. The van der Waals surface area contributed by atoms with Crippen molar-refractivity contribution in [3.05, 3.63) is 47.5 Å². The first-order valence-electron chi connectivity index (χ1n) is 7.23. The van der Waals surface area contributed by atoms with Crippen molar-refractivity contribution in [2.24, 2.45) is 0 Å². The molecule has 0 fully saturated rings. The van der Waals surface area contributed by atoms with Gasteiger partial charge in [-0.25, -0.2) is 0 Å². The van der Waals surface area contributed by atoms with Crippen LogP contribution in [0.4, 0.5) is 5.69 Å². The van der Waals surface area contributed by atoms with Gasteiger partial charge in [-0.05, 0) is 25.1 Å². The van der Waals surface area contributed by atoms with Gasteiger partial charge in [-0.2, -0.15) is 0 Å². The molecule has 0 aliphatic rings. The fraction of sp³-hybridized carbons (Fsp3) is 0.278. The number of nitrogens with one attached hydrogen (secondary N) is 1. The second kappa shape index (κ2) is 7.54. The summed E-state index contributed by atoms with van der Waals surface area (Å²) in [5.74, 6) is 1.98. The minimum atomic E-state index is -0.124. The fourth-order valence-electron chi connectivity index (χ4n) is 2.45. The number of carbonyl (C=O) groups excluding carboxylic acids is 1. The molecule has 0 bridgehead atoms. The number of amides is 1. The standard InChI is InChI=1S/C18H21NO4/c1-12-16(22-3)9-8-13(18(12)23-4)10-17(20)19-14-6-5-7-15(11-14)21-2/h5-9,11H,10H2,1-4H3,(H,19,20). The van der Waals surface area contributed by atoms with Gasteiger partial charge in [0.2, 0.25) is 5.91 Å². The first kappa shape index (κ1) is 16.7. The summed E-state index contributed by atoms with van der Waals surface area (Å²) < 4.78 is 15.8. The monoisotopic (exact) mass is 315 g/mol. The van der Waals surface area contributed by atoms with Crippen molar-refractivity contribution in [1.82, 2.24) is 0 Å². The van der Waals surface area contributed by atoms with Crippen LogP contribution in [0.25, 0.3) is 0 Å². The number of hydrogen-bond acceptors (Lipinski definition) is 4. The average molecular weight is 315 g/mol. The smallest absolute Gasteiger partial charge is 0.228 e. The van der Waals surface area contributed by atoms with E-state index in [1.54, 1.807) is 27.4 Å². The molecule has 0 saturated carbocycles. The SMILES string of the molecule is COc1cccc(NC(=O)Cc2ccc(OC)c(C)c2OC)c1. The van der Waals surface area contributed by atoms with Crippen molar-refractivity contribution in [3.8, 4) is 17.2 Å². The zero-order valence-electron chi connectivity index (χ0n) is 13.8. The Labute approximate surface area is 136 Å². The maximum atomic E-state index is 12.3. The molecule has 0 saturated heterocycles. The number of hydrogen-bond donors (Lipinski definition) is 1. The highest BCUT2D eigenvalue weighted by atomic mass is 16.5. The van der Waals surface area contributed by atoms with Crippen LogP contribution in [-0.2, 0) is 11.2 Å². The molecule has 23 heavy (non-hydrogen) atoms. The molecule has 0 aliphatic heterocycles. The molecule has 5 nitrogen and oxygen atoms in total. The Morgan fingerprint density at radius 3 is 2.48 bits per heavy atom. The summed E-state index contributed by atoms with van der Waals surface area (Å²) in [7, 11) is 4.79. The number of carbonyl (C=O) groups is 1. The lowest BCUT2D eigenvalue weighted by Crippen LogP contribution is -2.15. The summed E-state index contributed by atoms with van der Waals surface area (Å²) in [5, 5.41) is 2.86. The fourth-order valence-corrected chi connectivity index (χ4v) is 2.45. The number of benzene rings is 2. The summed E-state index contributed by atoms with van der Waals surface area (Å²) in [6.07, 6.45) is 0.214. The summed E-state index contributed by atoms with van der Waals surface area (Å²) in [6, 6.07) is 10.9. The van der Waals surface area contributed by atoms with Crippen molar-refractivity contribution in [1.29, 1.82) is 0 Å². The molecule has 0 aromatic heterocycles. The molecule has 0 heterocycles. The van der Waals surface area contributed by atoms with Crippen LogP contribution in [0, 0.1) is 6.92 Å². The van der Waals surface area contributed by atoms with Gasteiger partial charge >= 0.3 is 0 Å². The van der Waals surface area contributed by atoms with Crippen LogP contribution in [0.2, 0.25) is 0 Å². The summed E-state index contributed by atoms with van der Waals surface area (Å²) in [4.78, 5) is 12.3. The third-order valence-electron chi connectivity index (χ3n) is 3.57. The van der Waals surface area contributed by atoms with E-state index in [1.165, 1.54) is 0 Å². The molecule has 0 atom stereocenters. The minimum absolute atomic E-state index is 0.124. The highest BCUT2D eigenvalue weighted by molar-refractivity contribution is 5.92. The van der Waals surface area contributed by atoms with E-state index in [-0.39, 0.29) is 12.3 Å². The van der Waals surface area contributed by atoms with Crippen LogP contribution < -0.4 is 19.5 Å². The third kappa shape index (κ3) is 3.94. The van der Waals surface area contributed by atoms with Gasteiger partial charge in [-0.3, -0.25) is 4.79 Å². The van der Waals surface area contributed by atoms with Gasteiger partial charge in [-0.15, -0.1) is 0 Å². The lowest BCUT2D eigenvalue weighted by atomic mass is 10.1. The minimum Gasteiger partial charge on any atom is -0.497 e. The quantitative estimate of drug-likeness (QED) is 0.889. The molecule has 122 valence electrons. The van der Waals surface area contributed by atoms with Crippen molar-refractivity contribution in [3.63, 3.8) is 0 Å². The van der Waals surface area contributed by atoms with Gasteiger partial charge in [0.1, 0.15) is 17.2 Å². The van der Waals surface area contributed by atoms with Crippen molar-refractivity contribution >= 4 is 11.6 Å². The zero-order chi connectivity index (χ0) is 16.8. The van der Waals surface area contributed by atoms with Crippen LogP contribution in [0.3, 0.4) is 0 Å². The molecule has 2 aromatic carbocycles. The Morgan fingerprint density at radius 1 is 1.04 bits per heavy atom. The molecule has 1 amide bonds.